The Labute approximate surface area is 110 Å². The van der Waals surface area contributed by atoms with Gasteiger partial charge in [0.15, 0.2) is 0 Å². The van der Waals surface area contributed by atoms with Crippen LogP contribution in [0.1, 0.15) is 6.92 Å². The van der Waals surface area contributed by atoms with E-state index in [0.717, 1.165) is 11.3 Å². The molecular weight excluding hydrogens is 340 g/mol. The number of sulfonamides is 1. The lowest BCUT2D eigenvalue weighted by Gasteiger charge is -2.08. The molecule has 3 N–H and O–H groups in total. The standard InChI is InChI=1S/C7H8BrClN2O3S2/c1-3(7(10)12)11-16(13,14)5-2-4(9)6(8)15-5/h2-3,11H,1H3,(H2,10,12). The number of rotatable bonds is 4. The molecular formula is C7H8BrClN2O3S2. The van der Waals surface area contributed by atoms with Gasteiger partial charge in [0, 0.05) is 0 Å². The average Bonchev–Trinajstić information content (AvgIpc) is 2.47. The second-order valence-electron chi connectivity index (χ2n) is 2.93. The summed E-state index contributed by atoms with van der Waals surface area (Å²) in [5.41, 5.74) is 4.96. The van der Waals surface area contributed by atoms with Gasteiger partial charge < -0.3 is 5.73 Å². The summed E-state index contributed by atoms with van der Waals surface area (Å²) in [5, 5.41) is 0.303. The molecule has 0 spiro atoms. The number of amides is 1. The summed E-state index contributed by atoms with van der Waals surface area (Å²) < 4.78 is 26.1. The number of halogens is 2. The molecule has 0 aliphatic rings. The van der Waals surface area contributed by atoms with E-state index in [9.17, 15) is 13.2 Å². The number of nitrogens with two attached hydrogens (primary N) is 1. The van der Waals surface area contributed by atoms with E-state index in [-0.39, 0.29) is 4.21 Å². The van der Waals surface area contributed by atoms with Crippen LogP contribution in [0.5, 0.6) is 0 Å². The SMILES string of the molecule is CC(NS(=O)(=O)c1cc(Cl)c(Br)s1)C(N)=O. The lowest BCUT2D eigenvalue weighted by atomic mass is 10.4. The third-order valence-electron chi connectivity index (χ3n) is 1.65. The maximum absolute atomic E-state index is 11.7. The Morgan fingerprint density at radius 3 is 2.62 bits per heavy atom. The third kappa shape index (κ3) is 3.17. The topological polar surface area (TPSA) is 89.3 Å². The molecule has 0 aliphatic carbocycles. The normalized spacial score (nSPS) is 13.7. The van der Waals surface area contributed by atoms with Crippen molar-refractivity contribution in [2.45, 2.75) is 17.2 Å². The highest BCUT2D eigenvalue weighted by molar-refractivity contribution is 9.11. The predicted octanol–water partition coefficient (Wildman–Crippen LogP) is 1.32. The Balaban J connectivity index is 2.99. The zero-order valence-corrected chi connectivity index (χ0v) is 12.0. The van der Waals surface area contributed by atoms with Gasteiger partial charge in [-0.05, 0) is 28.9 Å². The number of carbonyl (C=O) groups is 1. The second-order valence-corrected chi connectivity index (χ2v) is 7.65. The summed E-state index contributed by atoms with van der Waals surface area (Å²) in [5.74, 6) is -0.745. The third-order valence-corrected chi connectivity index (χ3v) is 6.14. The van der Waals surface area contributed by atoms with Crippen molar-refractivity contribution in [1.29, 1.82) is 0 Å². The lowest BCUT2D eigenvalue weighted by Crippen LogP contribution is -2.41. The van der Waals surface area contributed by atoms with Crippen molar-refractivity contribution in [2.75, 3.05) is 0 Å². The molecule has 90 valence electrons. The number of hydrogen-bond acceptors (Lipinski definition) is 4. The zero-order valence-electron chi connectivity index (χ0n) is 8.03. The highest BCUT2D eigenvalue weighted by Gasteiger charge is 2.23. The van der Waals surface area contributed by atoms with Gasteiger partial charge in [-0.15, -0.1) is 11.3 Å². The molecule has 0 aromatic carbocycles. The molecule has 9 heteroatoms. The highest BCUT2D eigenvalue weighted by Crippen LogP contribution is 2.34. The monoisotopic (exact) mass is 346 g/mol. The number of carbonyl (C=O) groups excluding carboxylic acids is 1. The lowest BCUT2D eigenvalue weighted by molar-refractivity contribution is -0.119. The van der Waals surface area contributed by atoms with Crippen LogP contribution < -0.4 is 10.5 Å². The minimum absolute atomic E-state index is 0.0254. The van der Waals surface area contributed by atoms with Crippen LogP contribution in [-0.2, 0) is 14.8 Å². The Morgan fingerprint density at radius 2 is 2.25 bits per heavy atom. The molecule has 0 saturated heterocycles. The van der Waals surface area contributed by atoms with Gasteiger partial charge in [-0.25, -0.2) is 8.42 Å². The molecule has 16 heavy (non-hydrogen) atoms. The fraction of sp³-hybridized carbons (Fsp3) is 0.286. The molecule has 1 aromatic rings. The van der Waals surface area contributed by atoms with Crippen LogP contribution in [0.4, 0.5) is 0 Å². The number of nitrogens with one attached hydrogen (secondary N) is 1. The molecule has 0 fully saturated rings. The van der Waals surface area contributed by atoms with E-state index in [0.29, 0.717) is 8.81 Å². The minimum atomic E-state index is -3.75. The fourth-order valence-corrected chi connectivity index (χ4v) is 4.44. The molecule has 1 aromatic heterocycles. The van der Waals surface area contributed by atoms with E-state index >= 15 is 0 Å². The smallest absolute Gasteiger partial charge is 0.250 e. The van der Waals surface area contributed by atoms with Crippen molar-refractivity contribution in [2.24, 2.45) is 5.73 Å². The van der Waals surface area contributed by atoms with Crippen molar-refractivity contribution in [1.82, 2.24) is 4.72 Å². The summed E-state index contributed by atoms with van der Waals surface area (Å²) in [4.78, 5) is 10.7. The van der Waals surface area contributed by atoms with Crippen molar-refractivity contribution in [3.05, 3.63) is 14.9 Å². The van der Waals surface area contributed by atoms with Gasteiger partial charge in [-0.2, -0.15) is 4.72 Å². The molecule has 0 bridgehead atoms. The van der Waals surface area contributed by atoms with Gasteiger partial charge in [0.1, 0.15) is 4.21 Å². The van der Waals surface area contributed by atoms with Crippen LogP contribution in [0.25, 0.3) is 0 Å². The Morgan fingerprint density at radius 1 is 1.69 bits per heavy atom. The molecule has 0 aliphatic heterocycles. The molecule has 1 heterocycles. The largest absolute Gasteiger partial charge is 0.368 e. The quantitative estimate of drug-likeness (QED) is 0.860. The van der Waals surface area contributed by atoms with Crippen LogP contribution in [0.15, 0.2) is 14.1 Å². The fourth-order valence-electron chi connectivity index (χ4n) is 0.808. The van der Waals surface area contributed by atoms with E-state index in [1.54, 1.807) is 0 Å². The first kappa shape index (κ1) is 13.9. The second kappa shape index (κ2) is 5.01. The summed E-state index contributed by atoms with van der Waals surface area (Å²) in [6.07, 6.45) is 0. The molecule has 5 nitrogen and oxygen atoms in total. The van der Waals surface area contributed by atoms with Crippen LogP contribution in [0, 0.1) is 0 Å². The van der Waals surface area contributed by atoms with Crippen LogP contribution in [-0.4, -0.2) is 20.4 Å². The number of thiophene rings is 1. The highest BCUT2D eigenvalue weighted by atomic mass is 79.9. The summed E-state index contributed by atoms with van der Waals surface area (Å²) in [6, 6.07) is 0.330. The van der Waals surface area contributed by atoms with E-state index < -0.39 is 22.0 Å². The summed E-state index contributed by atoms with van der Waals surface area (Å²) >= 11 is 9.78. The molecule has 1 unspecified atom stereocenters. The summed E-state index contributed by atoms with van der Waals surface area (Å²) in [6.45, 7) is 1.37. The molecule has 1 rings (SSSR count). The van der Waals surface area contributed by atoms with E-state index in [2.05, 4.69) is 20.7 Å². The number of hydrogen-bond donors (Lipinski definition) is 2. The first-order chi connectivity index (χ1) is 7.24. The zero-order chi connectivity index (χ0) is 12.5. The van der Waals surface area contributed by atoms with E-state index in [4.69, 9.17) is 17.3 Å². The molecule has 1 amide bonds. The number of primary amides is 1. The van der Waals surface area contributed by atoms with Crippen LogP contribution in [0.2, 0.25) is 5.02 Å². The predicted molar refractivity (Wildman–Crippen MR) is 66.0 cm³/mol. The van der Waals surface area contributed by atoms with Gasteiger partial charge >= 0.3 is 0 Å². The Bertz CT molecular complexity index is 494. The Kier molecular flexibility index (Phi) is 4.35. The van der Waals surface area contributed by atoms with E-state index in [1.807, 2.05) is 0 Å². The van der Waals surface area contributed by atoms with Gasteiger partial charge in [0.05, 0.1) is 14.9 Å². The van der Waals surface area contributed by atoms with Crippen molar-refractivity contribution in [3.8, 4) is 0 Å². The maximum atomic E-state index is 11.7. The van der Waals surface area contributed by atoms with Crippen molar-refractivity contribution in [3.63, 3.8) is 0 Å². The first-order valence-electron chi connectivity index (χ1n) is 4.00. The van der Waals surface area contributed by atoms with Gasteiger partial charge in [-0.1, -0.05) is 11.6 Å². The molecule has 0 radical (unpaired) electrons. The van der Waals surface area contributed by atoms with Gasteiger partial charge in [-0.3, -0.25) is 4.79 Å². The maximum Gasteiger partial charge on any atom is 0.250 e. The average molecular weight is 348 g/mol. The molecule has 1 atom stereocenters. The molecule has 0 saturated carbocycles. The first-order valence-corrected chi connectivity index (χ1v) is 7.47. The van der Waals surface area contributed by atoms with Crippen molar-refractivity contribution >= 4 is 54.8 Å². The van der Waals surface area contributed by atoms with Crippen molar-refractivity contribution < 1.29 is 13.2 Å². The van der Waals surface area contributed by atoms with E-state index in [1.165, 1.54) is 13.0 Å². The summed E-state index contributed by atoms with van der Waals surface area (Å²) in [7, 11) is -3.75. The van der Waals surface area contributed by atoms with Gasteiger partial charge in [0.25, 0.3) is 10.0 Å². The Hall–Kier alpha value is -0.150. The van der Waals surface area contributed by atoms with Crippen LogP contribution >= 0.6 is 38.9 Å². The minimum Gasteiger partial charge on any atom is -0.368 e. The van der Waals surface area contributed by atoms with Crippen LogP contribution in [0.3, 0.4) is 0 Å². The van der Waals surface area contributed by atoms with Gasteiger partial charge in [0.2, 0.25) is 5.91 Å².